The molecule has 4 aliphatic rings. The van der Waals surface area contributed by atoms with Crippen molar-refractivity contribution in [1.82, 2.24) is 4.90 Å². The van der Waals surface area contributed by atoms with Crippen molar-refractivity contribution in [3.63, 3.8) is 0 Å². The average molecular weight is 402 g/mol. The van der Waals surface area contributed by atoms with Crippen LogP contribution < -0.4 is 0 Å². The maximum atomic E-state index is 13.8. The Bertz CT molecular complexity index is 809. The van der Waals surface area contributed by atoms with E-state index in [-0.39, 0.29) is 18.5 Å². The average Bonchev–Trinajstić information content (AvgIpc) is 2.65. The summed E-state index contributed by atoms with van der Waals surface area (Å²) in [7, 11) is 0. The van der Waals surface area contributed by atoms with Crippen molar-refractivity contribution < 1.29 is 23.1 Å². The molecule has 7 heteroatoms. The molecule has 4 bridgehead atoms. The van der Waals surface area contributed by atoms with E-state index in [1.54, 1.807) is 4.90 Å². The van der Waals surface area contributed by atoms with Crippen LogP contribution in [0.3, 0.4) is 0 Å². The second-order valence-corrected chi connectivity index (χ2v) is 8.77. The van der Waals surface area contributed by atoms with E-state index in [4.69, 9.17) is 10.00 Å². The van der Waals surface area contributed by atoms with Gasteiger partial charge < -0.3 is 9.64 Å². The molecular weight excluding hydrogens is 378 g/mol. The van der Waals surface area contributed by atoms with Gasteiger partial charge in [0.25, 0.3) is 5.91 Å². The van der Waals surface area contributed by atoms with Gasteiger partial charge in [0.1, 0.15) is 17.2 Å². The van der Waals surface area contributed by atoms with Crippen LogP contribution in [0.4, 0.5) is 8.78 Å². The standard InChI is InChI=1S/C22H24F2N2O3/c23-17-3-1-4-18(24)20(17)21(28)29-13-19(27)26(6-2-5-25)22-10-14-7-15(11-22)9-16(8-14)12-22/h1,3-4,14-16H,2,6-13H2. The minimum Gasteiger partial charge on any atom is -0.452 e. The van der Waals surface area contributed by atoms with Crippen molar-refractivity contribution in [3.05, 3.63) is 35.4 Å². The Kier molecular flexibility index (Phi) is 5.28. The molecule has 0 N–H and O–H groups in total. The number of carbonyl (C=O) groups is 2. The molecule has 4 fully saturated rings. The number of amides is 1. The summed E-state index contributed by atoms with van der Waals surface area (Å²) >= 11 is 0. The fourth-order valence-electron chi connectivity index (χ4n) is 6.15. The van der Waals surface area contributed by atoms with Crippen LogP contribution in [-0.2, 0) is 9.53 Å². The van der Waals surface area contributed by atoms with Crippen molar-refractivity contribution in [2.45, 2.75) is 50.5 Å². The van der Waals surface area contributed by atoms with E-state index in [1.165, 1.54) is 19.3 Å². The van der Waals surface area contributed by atoms with E-state index in [0.717, 1.165) is 37.5 Å². The van der Waals surface area contributed by atoms with Crippen molar-refractivity contribution in [1.29, 1.82) is 5.26 Å². The first kappa shape index (κ1) is 19.8. The van der Waals surface area contributed by atoms with E-state index >= 15 is 0 Å². The lowest BCUT2D eigenvalue weighted by Crippen LogP contribution is -2.62. The number of nitrogens with zero attached hydrogens (tertiary/aromatic N) is 2. The van der Waals surface area contributed by atoms with Crippen molar-refractivity contribution in [2.24, 2.45) is 17.8 Å². The second-order valence-electron chi connectivity index (χ2n) is 8.77. The summed E-state index contributed by atoms with van der Waals surface area (Å²) in [4.78, 5) is 26.9. The molecule has 154 valence electrons. The maximum Gasteiger partial charge on any atom is 0.344 e. The Morgan fingerprint density at radius 3 is 2.17 bits per heavy atom. The van der Waals surface area contributed by atoms with E-state index in [1.807, 2.05) is 0 Å². The zero-order chi connectivity index (χ0) is 20.6. The van der Waals surface area contributed by atoms with E-state index in [9.17, 15) is 18.4 Å². The molecule has 0 saturated heterocycles. The SMILES string of the molecule is N#CCCN(C(=O)COC(=O)c1c(F)cccc1F)C12CC3CC(CC(C3)C1)C2. The van der Waals surface area contributed by atoms with Gasteiger partial charge in [-0.1, -0.05) is 6.07 Å². The molecule has 1 aromatic rings. The molecule has 4 saturated carbocycles. The number of hydrogen-bond donors (Lipinski definition) is 0. The number of carbonyl (C=O) groups excluding carboxylic acids is 2. The molecule has 5 nitrogen and oxygen atoms in total. The van der Waals surface area contributed by atoms with Crippen LogP contribution in [0.25, 0.3) is 0 Å². The first-order valence-corrected chi connectivity index (χ1v) is 10.2. The van der Waals surface area contributed by atoms with Crippen LogP contribution in [0.5, 0.6) is 0 Å². The summed E-state index contributed by atoms with van der Waals surface area (Å²) in [6.07, 6.45) is 6.59. The van der Waals surface area contributed by atoms with Gasteiger partial charge in [-0.25, -0.2) is 13.6 Å². The number of esters is 1. The maximum absolute atomic E-state index is 13.8. The molecule has 4 aliphatic carbocycles. The van der Waals surface area contributed by atoms with Crippen molar-refractivity contribution >= 4 is 11.9 Å². The zero-order valence-electron chi connectivity index (χ0n) is 16.2. The Hall–Kier alpha value is -2.49. The highest BCUT2D eigenvalue weighted by molar-refractivity contribution is 5.92. The number of rotatable bonds is 6. The second kappa shape index (κ2) is 7.74. The lowest BCUT2D eigenvalue weighted by atomic mass is 9.52. The van der Waals surface area contributed by atoms with Gasteiger partial charge in [-0.15, -0.1) is 0 Å². The highest BCUT2D eigenvalue weighted by Gasteiger charge is 2.54. The summed E-state index contributed by atoms with van der Waals surface area (Å²) in [5.41, 5.74) is -1.07. The molecule has 1 aromatic carbocycles. The molecule has 0 aromatic heterocycles. The quantitative estimate of drug-likeness (QED) is 0.678. The molecule has 5 rings (SSSR count). The number of benzene rings is 1. The molecule has 0 aliphatic heterocycles. The number of nitriles is 1. The van der Waals surface area contributed by atoms with Crippen LogP contribution >= 0.6 is 0 Å². The summed E-state index contributed by atoms with van der Waals surface area (Å²) < 4.78 is 32.5. The van der Waals surface area contributed by atoms with E-state index in [0.29, 0.717) is 17.8 Å². The molecular formula is C22H24F2N2O3. The lowest BCUT2D eigenvalue weighted by molar-refractivity contribution is -0.153. The van der Waals surface area contributed by atoms with Gasteiger partial charge in [0.15, 0.2) is 6.61 Å². The minimum absolute atomic E-state index is 0.198. The van der Waals surface area contributed by atoms with Crippen LogP contribution in [0, 0.1) is 40.7 Å². The fourth-order valence-corrected chi connectivity index (χ4v) is 6.15. The molecule has 1 amide bonds. The summed E-state index contributed by atoms with van der Waals surface area (Å²) in [5, 5.41) is 9.05. The molecule has 29 heavy (non-hydrogen) atoms. The Labute approximate surface area is 168 Å². The van der Waals surface area contributed by atoms with Crippen LogP contribution in [0.2, 0.25) is 0 Å². The molecule has 0 heterocycles. The van der Waals surface area contributed by atoms with Gasteiger partial charge in [0.2, 0.25) is 0 Å². The summed E-state index contributed by atoms with van der Waals surface area (Å²) in [6, 6.07) is 5.18. The van der Waals surface area contributed by atoms with Gasteiger partial charge in [-0.05, 0) is 68.4 Å². The predicted molar refractivity (Wildman–Crippen MR) is 99.5 cm³/mol. The first-order valence-electron chi connectivity index (χ1n) is 10.2. The third kappa shape index (κ3) is 3.73. The normalized spacial score (nSPS) is 29.3. The zero-order valence-corrected chi connectivity index (χ0v) is 16.2. The molecule has 0 spiro atoms. The fraction of sp³-hybridized carbons (Fsp3) is 0.591. The summed E-state index contributed by atoms with van der Waals surface area (Å²) in [6.45, 7) is -0.299. The number of halogens is 2. The smallest absolute Gasteiger partial charge is 0.344 e. The number of hydrogen-bond acceptors (Lipinski definition) is 4. The topological polar surface area (TPSA) is 70.4 Å². The van der Waals surface area contributed by atoms with Gasteiger partial charge in [-0.3, -0.25) is 4.79 Å². The first-order chi connectivity index (χ1) is 13.9. The third-order valence-electron chi connectivity index (χ3n) is 6.82. The van der Waals surface area contributed by atoms with Crippen molar-refractivity contribution in [2.75, 3.05) is 13.2 Å². The van der Waals surface area contributed by atoms with Crippen LogP contribution in [-0.4, -0.2) is 35.5 Å². The lowest BCUT2D eigenvalue weighted by Gasteiger charge is -2.60. The van der Waals surface area contributed by atoms with Gasteiger partial charge in [0.05, 0.1) is 12.5 Å². The van der Waals surface area contributed by atoms with Gasteiger partial charge in [0, 0.05) is 12.1 Å². The van der Waals surface area contributed by atoms with Crippen molar-refractivity contribution in [3.8, 4) is 6.07 Å². The monoisotopic (exact) mass is 402 g/mol. The molecule has 0 unspecified atom stereocenters. The van der Waals surface area contributed by atoms with Crippen LogP contribution in [0.1, 0.15) is 55.3 Å². The third-order valence-corrected chi connectivity index (χ3v) is 6.82. The van der Waals surface area contributed by atoms with Crippen LogP contribution in [0.15, 0.2) is 18.2 Å². The predicted octanol–water partition coefficient (Wildman–Crippen LogP) is 3.83. The minimum atomic E-state index is -1.19. The van der Waals surface area contributed by atoms with E-state index < -0.39 is 35.7 Å². The summed E-state index contributed by atoms with van der Waals surface area (Å²) in [5.74, 6) is -1.82. The highest BCUT2D eigenvalue weighted by Crippen LogP contribution is 2.57. The Morgan fingerprint density at radius 1 is 1.10 bits per heavy atom. The van der Waals surface area contributed by atoms with Gasteiger partial charge in [-0.2, -0.15) is 5.26 Å². The number of ether oxygens (including phenoxy) is 1. The Morgan fingerprint density at radius 2 is 1.66 bits per heavy atom. The Balaban J connectivity index is 1.48. The molecule has 0 atom stereocenters. The largest absolute Gasteiger partial charge is 0.452 e. The van der Waals surface area contributed by atoms with E-state index in [2.05, 4.69) is 6.07 Å². The van der Waals surface area contributed by atoms with Gasteiger partial charge >= 0.3 is 5.97 Å². The molecule has 0 radical (unpaired) electrons. The highest BCUT2D eigenvalue weighted by atomic mass is 19.1.